The summed E-state index contributed by atoms with van der Waals surface area (Å²) in [7, 11) is 0. The fourth-order valence-corrected chi connectivity index (χ4v) is 2.37. The molecule has 1 atom stereocenters. The van der Waals surface area contributed by atoms with Crippen LogP contribution in [0.25, 0.3) is 0 Å². The standard InChI is InChI=1S/C15H24N4O2/c1-3-6-17-14-10-12(5-7-18-14)19-8-9-21-11-13(19)15(20)16-4-2/h5,7,10,13H,3-4,6,8-9,11H2,1-2H3,(H,16,20)(H,17,18). The first-order chi connectivity index (χ1) is 10.3. The SMILES string of the molecule is CCCNc1cc(N2CCOCC2C(=O)NCC)ccn1. The van der Waals surface area contributed by atoms with Crippen LogP contribution in [-0.2, 0) is 9.53 Å². The van der Waals surface area contributed by atoms with Crippen LogP contribution in [0.5, 0.6) is 0 Å². The molecule has 1 saturated heterocycles. The zero-order valence-electron chi connectivity index (χ0n) is 12.8. The molecule has 0 radical (unpaired) electrons. The Hall–Kier alpha value is -1.82. The fourth-order valence-electron chi connectivity index (χ4n) is 2.37. The number of carbonyl (C=O) groups excluding carboxylic acids is 1. The molecule has 1 amide bonds. The summed E-state index contributed by atoms with van der Waals surface area (Å²) in [6.07, 6.45) is 2.82. The first-order valence-electron chi connectivity index (χ1n) is 7.58. The molecule has 2 heterocycles. The number of carbonyl (C=O) groups is 1. The minimum atomic E-state index is -0.278. The van der Waals surface area contributed by atoms with E-state index in [-0.39, 0.29) is 11.9 Å². The van der Waals surface area contributed by atoms with Crippen LogP contribution in [0, 0.1) is 0 Å². The second-order valence-corrected chi connectivity index (χ2v) is 5.00. The summed E-state index contributed by atoms with van der Waals surface area (Å²) >= 11 is 0. The van der Waals surface area contributed by atoms with Crippen LogP contribution in [0.1, 0.15) is 20.3 Å². The maximum atomic E-state index is 12.2. The van der Waals surface area contributed by atoms with Gasteiger partial charge in [-0.3, -0.25) is 4.79 Å². The number of hydrogen-bond donors (Lipinski definition) is 2. The van der Waals surface area contributed by atoms with Crippen LogP contribution in [0.2, 0.25) is 0 Å². The Morgan fingerprint density at radius 2 is 2.38 bits per heavy atom. The largest absolute Gasteiger partial charge is 0.377 e. The van der Waals surface area contributed by atoms with E-state index in [1.54, 1.807) is 6.20 Å². The molecule has 6 heteroatoms. The van der Waals surface area contributed by atoms with Gasteiger partial charge < -0.3 is 20.3 Å². The van der Waals surface area contributed by atoms with Crippen molar-refractivity contribution in [2.45, 2.75) is 26.3 Å². The van der Waals surface area contributed by atoms with Gasteiger partial charge in [0.25, 0.3) is 0 Å². The predicted molar refractivity (Wildman–Crippen MR) is 83.7 cm³/mol. The monoisotopic (exact) mass is 292 g/mol. The van der Waals surface area contributed by atoms with Crippen LogP contribution in [0.15, 0.2) is 18.3 Å². The quantitative estimate of drug-likeness (QED) is 0.826. The second-order valence-electron chi connectivity index (χ2n) is 5.00. The molecular weight excluding hydrogens is 268 g/mol. The van der Waals surface area contributed by atoms with Gasteiger partial charge in [-0.15, -0.1) is 0 Å². The fraction of sp³-hybridized carbons (Fsp3) is 0.600. The Morgan fingerprint density at radius 3 is 3.14 bits per heavy atom. The van der Waals surface area contributed by atoms with E-state index < -0.39 is 0 Å². The first kappa shape index (κ1) is 15.6. The van der Waals surface area contributed by atoms with Crippen molar-refractivity contribution in [2.24, 2.45) is 0 Å². The Bertz CT molecular complexity index is 467. The molecule has 1 aliphatic heterocycles. The van der Waals surface area contributed by atoms with Gasteiger partial charge in [0.2, 0.25) is 5.91 Å². The summed E-state index contributed by atoms with van der Waals surface area (Å²) < 4.78 is 5.46. The highest BCUT2D eigenvalue weighted by atomic mass is 16.5. The molecule has 6 nitrogen and oxygen atoms in total. The molecule has 0 aliphatic carbocycles. The van der Waals surface area contributed by atoms with Gasteiger partial charge in [-0.2, -0.15) is 0 Å². The van der Waals surface area contributed by atoms with Crippen molar-refractivity contribution in [1.29, 1.82) is 0 Å². The molecule has 1 aromatic heterocycles. The van der Waals surface area contributed by atoms with E-state index >= 15 is 0 Å². The smallest absolute Gasteiger partial charge is 0.245 e. The molecule has 0 aromatic carbocycles. The highest BCUT2D eigenvalue weighted by Gasteiger charge is 2.29. The van der Waals surface area contributed by atoms with Crippen LogP contribution >= 0.6 is 0 Å². The number of pyridine rings is 1. The Morgan fingerprint density at radius 1 is 1.52 bits per heavy atom. The van der Waals surface area contributed by atoms with Crippen molar-refractivity contribution >= 4 is 17.4 Å². The summed E-state index contributed by atoms with van der Waals surface area (Å²) in [5.74, 6) is 0.854. The topological polar surface area (TPSA) is 66.5 Å². The normalized spacial score (nSPS) is 18.4. The first-order valence-corrected chi connectivity index (χ1v) is 7.58. The molecule has 1 fully saturated rings. The van der Waals surface area contributed by atoms with Crippen molar-refractivity contribution in [3.63, 3.8) is 0 Å². The molecule has 0 bridgehead atoms. The Kier molecular flexibility index (Phi) is 5.80. The third kappa shape index (κ3) is 4.07. The third-order valence-electron chi connectivity index (χ3n) is 3.41. The van der Waals surface area contributed by atoms with Crippen LogP contribution in [0.3, 0.4) is 0 Å². The summed E-state index contributed by atoms with van der Waals surface area (Å²) in [6, 6.07) is 3.65. The number of rotatable bonds is 6. The lowest BCUT2D eigenvalue weighted by atomic mass is 10.2. The van der Waals surface area contributed by atoms with Crippen LogP contribution < -0.4 is 15.5 Å². The van der Waals surface area contributed by atoms with E-state index in [1.807, 2.05) is 19.1 Å². The van der Waals surface area contributed by atoms with Gasteiger partial charge in [0.05, 0.1) is 13.2 Å². The highest BCUT2D eigenvalue weighted by Crippen LogP contribution is 2.22. The number of nitrogens with one attached hydrogen (secondary N) is 2. The van der Waals surface area contributed by atoms with Crippen LogP contribution in [-0.4, -0.2) is 49.8 Å². The number of hydrogen-bond acceptors (Lipinski definition) is 5. The lowest BCUT2D eigenvalue weighted by molar-refractivity contribution is -0.124. The van der Waals surface area contributed by atoms with Crippen molar-refractivity contribution in [3.8, 4) is 0 Å². The molecule has 21 heavy (non-hydrogen) atoms. The number of likely N-dealkylation sites (N-methyl/N-ethyl adjacent to an activating group) is 1. The zero-order chi connectivity index (χ0) is 15.1. The average Bonchev–Trinajstić information content (AvgIpc) is 2.53. The summed E-state index contributed by atoms with van der Waals surface area (Å²) in [4.78, 5) is 18.6. The zero-order valence-corrected chi connectivity index (χ0v) is 12.8. The van der Waals surface area contributed by atoms with Crippen LogP contribution in [0.4, 0.5) is 11.5 Å². The summed E-state index contributed by atoms with van der Waals surface area (Å²) in [6.45, 7) is 7.32. The molecule has 2 N–H and O–H groups in total. The number of nitrogens with zero attached hydrogens (tertiary/aromatic N) is 2. The maximum Gasteiger partial charge on any atom is 0.245 e. The Labute approximate surface area is 125 Å². The van der Waals surface area contributed by atoms with Gasteiger partial charge in [-0.1, -0.05) is 6.92 Å². The number of anilines is 2. The van der Waals surface area contributed by atoms with E-state index in [9.17, 15) is 4.79 Å². The molecule has 2 rings (SSSR count). The van der Waals surface area contributed by atoms with Gasteiger partial charge in [0.1, 0.15) is 11.9 Å². The van der Waals surface area contributed by atoms with E-state index in [2.05, 4.69) is 27.4 Å². The molecular formula is C15H24N4O2. The van der Waals surface area contributed by atoms with Crippen molar-refractivity contribution < 1.29 is 9.53 Å². The van der Waals surface area contributed by atoms with E-state index in [0.717, 1.165) is 24.5 Å². The predicted octanol–water partition coefficient (Wildman–Crippen LogP) is 1.24. The number of morpholine rings is 1. The van der Waals surface area contributed by atoms with E-state index in [0.29, 0.717) is 26.3 Å². The van der Waals surface area contributed by atoms with Crippen molar-refractivity contribution in [1.82, 2.24) is 10.3 Å². The van der Waals surface area contributed by atoms with Gasteiger partial charge in [0.15, 0.2) is 0 Å². The molecule has 1 aliphatic rings. The molecule has 116 valence electrons. The average molecular weight is 292 g/mol. The molecule has 1 unspecified atom stereocenters. The van der Waals surface area contributed by atoms with Crippen molar-refractivity contribution in [2.75, 3.05) is 43.1 Å². The van der Waals surface area contributed by atoms with E-state index in [1.165, 1.54) is 0 Å². The van der Waals surface area contributed by atoms with E-state index in [4.69, 9.17) is 4.74 Å². The van der Waals surface area contributed by atoms with Gasteiger partial charge >= 0.3 is 0 Å². The lowest BCUT2D eigenvalue weighted by Crippen LogP contribution is -2.54. The van der Waals surface area contributed by atoms with Gasteiger partial charge in [0, 0.05) is 37.6 Å². The number of amides is 1. The Balaban J connectivity index is 2.14. The third-order valence-corrected chi connectivity index (χ3v) is 3.41. The highest BCUT2D eigenvalue weighted by molar-refractivity contribution is 5.85. The summed E-state index contributed by atoms with van der Waals surface area (Å²) in [5, 5.41) is 6.15. The van der Waals surface area contributed by atoms with Gasteiger partial charge in [-0.25, -0.2) is 4.98 Å². The molecule has 1 aromatic rings. The molecule has 0 spiro atoms. The lowest BCUT2D eigenvalue weighted by Gasteiger charge is -2.36. The molecule has 0 saturated carbocycles. The van der Waals surface area contributed by atoms with Crippen molar-refractivity contribution in [3.05, 3.63) is 18.3 Å². The number of ether oxygens (including phenoxy) is 1. The second kappa shape index (κ2) is 7.83. The van der Waals surface area contributed by atoms with Gasteiger partial charge in [-0.05, 0) is 19.4 Å². The summed E-state index contributed by atoms with van der Waals surface area (Å²) in [5.41, 5.74) is 1.00. The maximum absolute atomic E-state index is 12.2. The minimum absolute atomic E-state index is 0.0112. The minimum Gasteiger partial charge on any atom is -0.377 e. The number of aromatic nitrogens is 1.